The van der Waals surface area contributed by atoms with E-state index >= 15 is 0 Å². The number of aliphatic hydroxyl groups is 1. The number of nitrogens with zero attached hydrogens (tertiary/aromatic N) is 1. The number of amides is 1. The summed E-state index contributed by atoms with van der Waals surface area (Å²) >= 11 is 0. The summed E-state index contributed by atoms with van der Waals surface area (Å²) in [7, 11) is 0. The van der Waals surface area contributed by atoms with Crippen LogP contribution < -0.4 is 16.4 Å². The van der Waals surface area contributed by atoms with Crippen molar-refractivity contribution in [1.82, 2.24) is 15.1 Å². The van der Waals surface area contributed by atoms with Crippen LogP contribution in [0, 0.1) is 0 Å². The van der Waals surface area contributed by atoms with Crippen LogP contribution in [0.2, 0.25) is 0 Å². The lowest BCUT2D eigenvalue weighted by atomic mass is 9.94. The highest BCUT2D eigenvalue weighted by Gasteiger charge is 2.27. The lowest BCUT2D eigenvalue weighted by Gasteiger charge is -2.30. The molecule has 0 aliphatic heterocycles. The Bertz CT molecular complexity index is 534. The maximum absolute atomic E-state index is 11.9. The zero-order valence-corrected chi connectivity index (χ0v) is 11.1. The highest BCUT2D eigenvalue weighted by Crippen LogP contribution is 2.13. The van der Waals surface area contributed by atoms with Crippen molar-refractivity contribution in [2.24, 2.45) is 0 Å². The number of H-pyrrole nitrogens is 1. The number of carbonyl (C=O) groups is 1. The van der Waals surface area contributed by atoms with Crippen molar-refractivity contribution in [2.75, 3.05) is 6.61 Å². The fourth-order valence-electron chi connectivity index (χ4n) is 1.75. The Balaban J connectivity index is 2.83. The Kier molecular flexibility index (Phi) is 5.05. The van der Waals surface area contributed by atoms with E-state index in [-0.39, 0.29) is 13.2 Å². The minimum absolute atomic E-state index is 0.175. The average Bonchev–Trinajstić information content (AvgIpc) is 2.40. The summed E-state index contributed by atoms with van der Waals surface area (Å²) in [5.74, 6) is -0.429. The number of nitrogens with one attached hydrogen (secondary N) is 2. The smallest absolute Gasteiger partial charge is 0.265 e. The van der Waals surface area contributed by atoms with Crippen molar-refractivity contribution in [3.05, 3.63) is 32.8 Å². The lowest BCUT2D eigenvalue weighted by molar-refractivity contribution is -0.124. The fourth-order valence-corrected chi connectivity index (χ4v) is 1.75. The molecule has 106 valence electrons. The summed E-state index contributed by atoms with van der Waals surface area (Å²) < 4.78 is 0.936. The number of aromatic amines is 1. The molecule has 7 nitrogen and oxygen atoms in total. The molecule has 0 unspecified atom stereocenters. The summed E-state index contributed by atoms with van der Waals surface area (Å²) in [6.45, 7) is 3.26. The van der Waals surface area contributed by atoms with Crippen molar-refractivity contribution >= 4 is 5.91 Å². The maximum atomic E-state index is 11.9. The number of aliphatic hydroxyl groups excluding tert-OH is 1. The molecule has 1 aromatic rings. The van der Waals surface area contributed by atoms with Crippen LogP contribution in [0.15, 0.2) is 21.7 Å². The summed E-state index contributed by atoms with van der Waals surface area (Å²) in [6, 6.07) is 2.21. The highest BCUT2D eigenvalue weighted by atomic mass is 16.3. The van der Waals surface area contributed by atoms with Crippen LogP contribution in [-0.2, 0) is 11.3 Å². The third-order valence-electron chi connectivity index (χ3n) is 3.25. The van der Waals surface area contributed by atoms with E-state index in [1.807, 2.05) is 13.8 Å². The van der Waals surface area contributed by atoms with Crippen LogP contribution in [0.1, 0.15) is 26.7 Å². The van der Waals surface area contributed by atoms with Gasteiger partial charge in [-0.3, -0.25) is 19.5 Å². The molecule has 1 aromatic heterocycles. The maximum Gasteiger partial charge on any atom is 0.265 e. The number of hydrogen-bond donors (Lipinski definition) is 3. The summed E-state index contributed by atoms with van der Waals surface area (Å²) in [4.78, 5) is 34.4. The van der Waals surface area contributed by atoms with Crippen LogP contribution in [0.25, 0.3) is 0 Å². The molecule has 0 bridgehead atoms. The standard InChI is InChI=1S/C12H19N3O4/c1-3-12(4-2,8-16)13-10(18)7-15-11(19)6-5-9(17)14-15/h5-6,16H,3-4,7-8H2,1-2H3,(H,13,18)(H,14,17). The Hall–Kier alpha value is -1.89. The fraction of sp³-hybridized carbons (Fsp3) is 0.583. The topological polar surface area (TPSA) is 104 Å². The molecule has 0 fully saturated rings. The molecule has 0 saturated carbocycles. The molecule has 1 rings (SSSR count). The van der Waals surface area contributed by atoms with Gasteiger partial charge in [-0.2, -0.15) is 0 Å². The van der Waals surface area contributed by atoms with Gasteiger partial charge in [0.15, 0.2) is 0 Å². The van der Waals surface area contributed by atoms with E-state index in [1.54, 1.807) is 0 Å². The van der Waals surface area contributed by atoms with Gasteiger partial charge in [0.25, 0.3) is 11.1 Å². The highest BCUT2D eigenvalue weighted by molar-refractivity contribution is 5.76. The average molecular weight is 269 g/mol. The molecule has 0 radical (unpaired) electrons. The van der Waals surface area contributed by atoms with E-state index in [0.29, 0.717) is 12.8 Å². The number of rotatable bonds is 6. The molecule has 0 atom stereocenters. The third-order valence-corrected chi connectivity index (χ3v) is 3.25. The second-order valence-corrected chi connectivity index (χ2v) is 4.43. The Labute approximate surface area is 110 Å². The molecule has 0 aliphatic carbocycles. The molecule has 0 aliphatic rings. The van der Waals surface area contributed by atoms with E-state index in [4.69, 9.17) is 0 Å². The molecule has 0 spiro atoms. The first-order valence-corrected chi connectivity index (χ1v) is 6.18. The monoisotopic (exact) mass is 269 g/mol. The molecule has 0 saturated heterocycles. The van der Waals surface area contributed by atoms with Crippen LogP contribution in [0.5, 0.6) is 0 Å². The molecular formula is C12H19N3O4. The largest absolute Gasteiger partial charge is 0.394 e. The Morgan fingerprint density at radius 2 is 2.00 bits per heavy atom. The summed E-state index contributed by atoms with van der Waals surface area (Å²) in [6.07, 6.45) is 1.15. The van der Waals surface area contributed by atoms with E-state index in [0.717, 1.165) is 16.8 Å². The molecule has 19 heavy (non-hydrogen) atoms. The summed E-state index contributed by atoms with van der Waals surface area (Å²) in [5.41, 5.74) is -1.60. The second-order valence-electron chi connectivity index (χ2n) is 4.43. The van der Waals surface area contributed by atoms with Crippen molar-refractivity contribution in [2.45, 2.75) is 38.8 Å². The van der Waals surface area contributed by atoms with Crippen molar-refractivity contribution in [1.29, 1.82) is 0 Å². The number of hydrogen-bond acceptors (Lipinski definition) is 4. The van der Waals surface area contributed by atoms with Gasteiger partial charge < -0.3 is 10.4 Å². The lowest BCUT2D eigenvalue weighted by Crippen LogP contribution is -2.52. The minimum Gasteiger partial charge on any atom is -0.394 e. The van der Waals surface area contributed by atoms with E-state index in [1.165, 1.54) is 0 Å². The molecule has 0 aromatic carbocycles. The molecule has 1 amide bonds. The number of aromatic nitrogens is 2. The van der Waals surface area contributed by atoms with E-state index in [9.17, 15) is 19.5 Å². The predicted octanol–water partition coefficient (Wildman–Crippen LogP) is -0.796. The first kappa shape index (κ1) is 15.2. The summed E-state index contributed by atoms with van der Waals surface area (Å²) in [5, 5.41) is 14.3. The quantitative estimate of drug-likeness (QED) is 0.629. The van der Waals surface area contributed by atoms with Crippen molar-refractivity contribution < 1.29 is 9.90 Å². The molecule has 3 N–H and O–H groups in total. The van der Waals surface area contributed by atoms with Crippen molar-refractivity contribution in [3.63, 3.8) is 0 Å². The van der Waals surface area contributed by atoms with Gasteiger partial charge in [0.05, 0.1) is 12.1 Å². The third kappa shape index (κ3) is 3.78. The first-order valence-electron chi connectivity index (χ1n) is 6.18. The van der Waals surface area contributed by atoms with E-state index in [2.05, 4.69) is 10.4 Å². The van der Waals surface area contributed by atoms with Gasteiger partial charge in [0.2, 0.25) is 5.91 Å². The van der Waals surface area contributed by atoms with Gasteiger partial charge in [-0.15, -0.1) is 0 Å². The SMILES string of the molecule is CCC(CC)(CO)NC(=O)Cn1[nH]c(=O)ccc1=O. The number of carbonyl (C=O) groups excluding carboxylic acids is 1. The zero-order chi connectivity index (χ0) is 14.5. The second kappa shape index (κ2) is 6.33. The van der Waals surface area contributed by atoms with Gasteiger partial charge in [-0.25, -0.2) is 4.68 Å². The van der Waals surface area contributed by atoms with Gasteiger partial charge in [0.1, 0.15) is 6.54 Å². The molecule has 1 heterocycles. The minimum atomic E-state index is -0.685. The molecule has 7 heteroatoms. The normalized spacial score (nSPS) is 11.3. The van der Waals surface area contributed by atoms with Crippen LogP contribution in [-0.4, -0.2) is 32.9 Å². The Morgan fingerprint density at radius 1 is 1.37 bits per heavy atom. The van der Waals surface area contributed by atoms with Gasteiger partial charge in [-0.05, 0) is 12.8 Å². The van der Waals surface area contributed by atoms with Gasteiger partial charge in [-0.1, -0.05) is 13.8 Å². The van der Waals surface area contributed by atoms with Crippen LogP contribution >= 0.6 is 0 Å². The molecular weight excluding hydrogens is 250 g/mol. The van der Waals surface area contributed by atoms with E-state index < -0.39 is 22.6 Å². The van der Waals surface area contributed by atoms with Crippen LogP contribution in [0.3, 0.4) is 0 Å². The Morgan fingerprint density at radius 3 is 2.53 bits per heavy atom. The van der Waals surface area contributed by atoms with Gasteiger partial charge in [0, 0.05) is 12.1 Å². The van der Waals surface area contributed by atoms with Crippen LogP contribution in [0.4, 0.5) is 0 Å². The first-order chi connectivity index (χ1) is 8.96. The van der Waals surface area contributed by atoms with Crippen molar-refractivity contribution in [3.8, 4) is 0 Å². The zero-order valence-electron chi connectivity index (χ0n) is 11.1. The van der Waals surface area contributed by atoms with Gasteiger partial charge >= 0.3 is 0 Å². The predicted molar refractivity (Wildman–Crippen MR) is 69.9 cm³/mol.